The van der Waals surface area contributed by atoms with Gasteiger partial charge in [0, 0.05) is 28.1 Å². The molecule has 0 fully saturated rings. The maximum atomic E-state index is 11.1. The van der Waals surface area contributed by atoms with Gasteiger partial charge in [0.05, 0.1) is 7.11 Å². The van der Waals surface area contributed by atoms with Gasteiger partial charge in [-0.15, -0.1) is 0 Å². The summed E-state index contributed by atoms with van der Waals surface area (Å²) in [5.41, 5.74) is 1.62. The molecule has 0 aliphatic rings. The summed E-state index contributed by atoms with van der Waals surface area (Å²) >= 11 is 1.14. The van der Waals surface area contributed by atoms with Crippen LogP contribution in [-0.4, -0.2) is 19.7 Å². The second-order valence-electron chi connectivity index (χ2n) is 4.71. The second kappa shape index (κ2) is 5.47. The molecule has 0 saturated heterocycles. The third-order valence-corrected chi connectivity index (χ3v) is 2.95. The van der Waals surface area contributed by atoms with Gasteiger partial charge in [-0.3, -0.25) is 9.59 Å². The monoisotopic (exact) mass is 252 g/mol. The van der Waals surface area contributed by atoms with Crippen LogP contribution < -0.4 is 0 Å². The van der Waals surface area contributed by atoms with Crippen LogP contribution in [0.25, 0.3) is 0 Å². The first-order valence-corrected chi connectivity index (χ1v) is 5.97. The molecule has 0 unspecified atom stereocenters. The van der Waals surface area contributed by atoms with Crippen molar-refractivity contribution in [2.75, 3.05) is 7.11 Å². The molecule has 0 bridgehead atoms. The fourth-order valence-corrected chi connectivity index (χ4v) is 2.40. The molecule has 0 amide bonds. The molecule has 1 aromatic carbocycles. The maximum absolute atomic E-state index is 11.1. The van der Waals surface area contributed by atoms with Crippen molar-refractivity contribution in [3.05, 3.63) is 28.8 Å². The smallest absolute Gasteiger partial charge is 0.150 e. The molecule has 0 atom stereocenters. The summed E-state index contributed by atoms with van der Waals surface area (Å²) in [5.74, 6) is 0. The number of rotatable bonds is 4. The molecule has 0 spiro atoms. The molecule has 0 aromatic heterocycles. The number of carbonyl (C=O) groups excluding carboxylic acids is 2. The zero-order valence-electron chi connectivity index (χ0n) is 10.4. The van der Waals surface area contributed by atoms with Gasteiger partial charge in [0.15, 0.2) is 0 Å². The predicted octanol–water partition coefficient (Wildman–Crippen LogP) is 3.26. The molecule has 1 aromatic rings. The van der Waals surface area contributed by atoms with Gasteiger partial charge in [-0.25, -0.2) is 0 Å². The Labute approximate surface area is 106 Å². The molecule has 17 heavy (non-hydrogen) atoms. The van der Waals surface area contributed by atoms with E-state index in [0.29, 0.717) is 11.1 Å². The van der Waals surface area contributed by atoms with E-state index in [9.17, 15) is 9.59 Å². The highest BCUT2D eigenvalue weighted by Crippen LogP contribution is 2.32. The average molecular weight is 252 g/mol. The van der Waals surface area contributed by atoms with Crippen molar-refractivity contribution < 1.29 is 13.8 Å². The van der Waals surface area contributed by atoms with Crippen molar-refractivity contribution in [1.29, 1.82) is 0 Å². The molecule has 0 aliphatic heterocycles. The van der Waals surface area contributed by atoms with E-state index in [1.165, 1.54) is 0 Å². The third-order valence-electron chi connectivity index (χ3n) is 2.36. The van der Waals surface area contributed by atoms with E-state index in [4.69, 9.17) is 4.18 Å². The van der Waals surface area contributed by atoms with Gasteiger partial charge in [0.2, 0.25) is 0 Å². The van der Waals surface area contributed by atoms with Gasteiger partial charge in [0.25, 0.3) is 0 Å². The first-order chi connectivity index (χ1) is 7.93. The Hall–Kier alpha value is -1.13. The van der Waals surface area contributed by atoms with Gasteiger partial charge >= 0.3 is 0 Å². The predicted molar refractivity (Wildman–Crippen MR) is 68.8 cm³/mol. The van der Waals surface area contributed by atoms with E-state index < -0.39 is 0 Å². The van der Waals surface area contributed by atoms with Crippen LogP contribution in [0, 0.1) is 0 Å². The minimum Gasteiger partial charge on any atom is -0.314 e. The van der Waals surface area contributed by atoms with E-state index in [0.717, 1.165) is 35.1 Å². The molecule has 1 rings (SSSR count). The highest BCUT2D eigenvalue weighted by molar-refractivity contribution is 7.94. The number of aldehydes is 2. The fraction of sp³-hybridized carbons (Fsp3) is 0.385. The largest absolute Gasteiger partial charge is 0.314 e. The van der Waals surface area contributed by atoms with Gasteiger partial charge in [-0.05, 0) is 23.1 Å². The van der Waals surface area contributed by atoms with Crippen molar-refractivity contribution in [1.82, 2.24) is 0 Å². The summed E-state index contributed by atoms with van der Waals surface area (Å²) in [6.45, 7) is 5.93. The quantitative estimate of drug-likeness (QED) is 0.609. The maximum Gasteiger partial charge on any atom is 0.150 e. The molecule has 0 heterocycles. The minimum absolute atomic E-state index is 0.247. The van der Waals surface area contributed by atoms with Crippen molar-refractivity contribution in [2.24, 2.45) is 0 Å². The normalized spacial score (nSPS) is 11.3. The van der Waals surface area contributed by atoms with Gasteiger partial charge in [0.1, 0.15) is 12.6 Å². The first-order valence-electron chi connectivity index (χ1n) is 5.23. The molecular weight excluding hydrogens is 236 g/mol. The van der Waals surface area contributed by atoms with E-state index in [2.05, 4.69) is 0 Å². The molecule has 4 heteroatoms. The van der Waals surface area contributed by atoms with Crippen LogP contribution >= 0.6 is 12.0 Å². The summed E-state index contributed by atoms with van der Waals surface area (Å²) in [6, 6.07) is 3.49. The van der Waals surface area contributed by atoms with Crippen molar-refractivity contribution >= 4 is 24.6 Å². The zero-order valence-corrected chi connectivity index (χ0v) is 11.3. The van der Waals surface area contributed by atoms with Crippen LogP contribution in [0.5, 0.6) is 0 Å². The zero-order chi connectivity index (χ0) is 13.1. The van der Waals surface area contributed by atoms with Crippen LogP contribution in [0.4, 0.5) is 0 Å². The van der Waals surface area contributed by atoms with E-state index in [-0.39, 0.29) is 5.41 Å². The van der Waals surface area contributed by atoms with E-state index in [1.54, 1.807) is 19.2 Å². The topological polar surface area (TPSA) is 43.4 Å². The van der Waals surface area contributed by atoms with E-state index in [1.807, 2.05) is 20.8 Å². The number of hydrogen-bond donors (Lipinski definition) is 0. The Bertz CT molecular complexity index is 404. The molecule has 92 valence electrons. The molecule has 0 saturated carbocycles. The van der Waals surface area contributed by atoms with Crippen LogP contribution in [0.1, 0.15) is 47.1 Å². The Balaban J connectivity index is 3.47. The Kier molecular flexibility index (Phi) is 4.48. The lowest BCUT2D eigenvalue weighted by Gasteiger charge is -2.23. The Morgan fingerprint density at radius 2 is 1.59 bits per heavy atom. The summed E-state index contributed by atoms with van der Waals surface area (Å²) < 4.78 is 4.94. The highest BCUT2D eigenvalue weighted by atomic mass is 32.2. The SMILES string of the molecule is COSc1cc(C=O)c(C(C)(C)C)c(C=O)c1. The van der Waals surface area contributed by atoms with Crippen LogP contribution in [0.15, 0.2) is 17.0 Å². The summed E-state index contributed by atoms with van der Waals surface area (Å²) in [6.07, 6.45) is 1.57. The summed E-state index contributed by atoms with van der Waals surface area (Å²) in [4.78, 5) is 23.0. The Morgan fingerprint density at radius 3 is 1.88 bits per heavy atom. The summed E-state index contributed by atoms with van der Waals surface area (Å²) in [5, 5.41) is 0. The summed E-state index contributed by atoms with van der Waals surface area (Å²) in [7, 11) is 1.55. The van der Waals surface area contributed by atoms with Crippen LogP contribution in [0.2, 0.25) is 0 Å². The van der Waals surface area contributed by atoms with Crippen molar-refractivity contribution in [2.45, 2.75) is 31.1 Å². The van der Waals surface area contributed by atoms with Gasteiger partial charge in [-0.1, -0.05) is 20.8 Å². The highest BCUT2D eigenvalue weighted by Gasteiger charge is 2.22. The molecule has 0 radical (unpaired) electrons. The lowest BCUT2D eigenvalue weighted by Crippen LogP contribution is -2.17. The number of benzene rings is 1. The lowest BCUT2D eigenvalue weighted by atomic mass is 9.81. The molecular formula is C13H16O3S. The van der Waals surface area contributed by atoms with Crippen molar-refractivity contribution in [3.63, 3.8) is 0 Å². The lowest BCUT2D eigenvalue weighted by molar-refractivity contribution is 0.112. The van der Waals surface area contributed by atoms with Crippen LogP contribution in [0.3, 0.4) is 0 Å². The average Bonchev–Trinajstić information content (AvgIpc) is 2.26. The van der Waals surface area contributed by atoms with Gasteiger partial charge in [-0.2, -0.15) is 0 Å². The van der Waals surface area contributed by atoms with E-state index >= 15 is 0 Å². The molecule has 3 nitrogen and oxygen atoms in total. The second-order valence-corrected chi connectivity index (χ2v) is 5.68. The number of carbonyl (C=O) groups is 2. The van der Waals surface area contributed by atoms with Crippen LogP contribution in [-0.2, 0) is 9.60 Å². The molecule has 0 aliphatic carbocycles. The first kappa shape index (κ1) is 13.9. The standard InChI is InChI=1S/C13H16O3S/c1-13(2,3)12-9(7-14)5-11(17-16-4)6-10(12)8-15/h5-8H,1-4H3. The third kappa shape index (κ3) is 3.17. The van der Waals surface area contributed by atoms with Crippen molar-refractivity contribution in [3.8, 4) is 0 Å². The Morgan fingerprint density at radius 1 is 1.12 bits per heavy atom. The molecule has 0 N–H and O–H groups in total. The fourth-order valence-electron chi connectivity index (χ4n) is 1.86. The minimum atomic E-state index is -0.247. The van der Waals surface area contributed by atoms with Gasteiger partial charge < -0.3 is 4.18 Å². The number of hydrogen-bond acceptors (Lipinski definition) is 4.